The number of hydrogen-bond donors (Lipinski definition) is 0. The molecule has 2 aromatic rings. The molecule has 0 aliphatic heterocycles. The number of ether oxygens (including phenoxy) is 1. The number of rotatable bonds is 5. The molecule has 0 atom stereocenters. The largest absolute Gasteiger partial charge is 0.492 e. The van der Waals surface area contributed by atoms with Gasteiger partial charge in [0.05, 0.1) is 6.54 Å². The van der Waals surface area contributed by atoms with Gasteiger partial charge in [0.2, 0.25) is 0 Å². The van der Waals surface area contributed by atoms with Gasteiger partial charge in [-0.05, 0) is 44.2 Å². The predicted molar refractivity (Wildman–Crippen MR) is 89.8 cm³/mol. The summed E-state index contributed by atoms with van der Waals surface area (Å²) >= 11 is 5.90. The first kappa shape index (κ1) is 16.4. The molecule has 0 fully saturated rings. The summed E-state index contributed by atoms with van der Waals surface area (Å²) in [5, 5.41) is 0.636. The van der Waals surface area contributed by atoms with E-state index in [4.69, 9.17) is 16.3 Å². The van der Waals surface area contributed by atoms with Crippen LogP contribution in [0.1, 0.15) is 21.5 Å². The fourth-order valence-electron chi connectivity index (χ4n) is 2.28. The molecular weight excluding hydrogens is 298 g/mol. The van der Waals surface area contributed by atoms with E-state index in [1.807, 2.05) is 38.1 Å². The highest BCUT2D eigenvalue weighted by Crippen LogP contribution is 2.17. The third-order valence-corrected chi connectivity index (χ3v) is 3.54. The van der Waals surface area contributed by atoms with Crippen molar-refractivity contribution in [1.29, 1.82) is 0 Å². The molecule has 0 saturated carbocycles. The quantitative estimate of drug-likeness (QED) is 0.830. The number of hydrogen-bond acceptors (Lipinski definition) is 2. The lowest BCUT2D eigenvalue weighted by atomic mass is 10.1. The van der Waals surface area contributed by atoms with Gasteiger partial charge < -0.3 is 9.64 Å². The van der Waals surface area contributed by atoms with Gasteiger partial charge in [-0.3, -0.25) is 4.79 Å². The summed E-state index contributed by atoms with van der Waals surface area (Å²) in [5.41, 5.74) is 2.89. The van der Waals surface area contributed by atoms with Gasteiger partial charge in [0.15, 0.2) is 0 Å². The van der Waals surface area contributed by atoms with Crippen molar-refractivity contribution in [3.8, 4) is 5.75 Å². The molecule has 0 aliphatic rings. The van der Waals surface area contributed by atoms with Crippen LogP contribution in [0, 0.1) is 13.8 Å². The standard InChI is InChI=1S/C18H20ClNO2/c1-13-9-14(2)11-15(10-13)18(21)20(3)7-8-22-17-6-4-5-16(19)12-17/h4-6,9-12H,7-8H2,1-3H3. The lowest BCUT2D eigenvalue weighted by molar-refractivity contribution is 0.0773. The van der Waals surface area contributed by atoms with Crippen molar-refractivity contribution in [3.63, 3.8) is 0 Å². The van der Waals surface area contributed by atoms with E-state index in [0.717, 1.165) is 11.1 Å². The summed E-state index contributed by atoms with van der Waals surface area (Å²) < 4.78 is 5.61. The van der Waals surface area contributed by atoms with Gasteiger partial charge in [-0.15, -0.1) is 0 Å². The van der Waals surface area contributed by atoms with Crippen molar-refractivity contribution in [1.82, 2.24) is 4.90 Å². The van der Waals surface area contributed by atoms with Gasteiger partial charge in [0, 0.05) is 17.6 Å². The normalized spacial score (nSPS) is 10.4. The third kappa shape index (κ3) is 4.50. The van der Waals surface area contributed by atoms with Crippen LogP contribution in [0.5, 0.6) is 5.75 Å². The average Bonchev–Trinajstić information content (AvgIpc) is 2.45. The fraction of sp³-hybridized carbons (Fsp3) is 0.278. The van der Waals surface area contributed by atoms with E-state index in [1.54, 1.807) is 24.1 Å². The van der Waals surface area contributed by atoms with E-state index in [1.165, 1.54) is 0 Å². The summed E-state index contributed by atoms with van der Waals surface area (Å²) in [6.07, 6.45) is 0. The van der Waals surface area contributed by atoms with Crippen molar-refractivity contribution < 1.29 is 9.53 Å². The predicted octanol–water partition coefficient (Wildman–Crippen LogP) is 4.11. The van der Waals surface area contributed by atoms with Crippen LogP contribution in [0.3, 0.4) is 0 Å². The van der Waals surface area contributed by atoms with Crippen LogP contribution >= 0.6 is 11.6 Å². The molecule has 116 valence electrons. The van der Waals surface area contributed by atoms with Crippen LogP contribution in [0.4, 0.5) is 0 Å². The molecule has 22 heavy (non-hydrogen) atoms. The molecule has 0 spiro atoms. The van der Waals surface area contributed by atoms with Crippen LogP contribution in [0.2, 0.25) is 5.02 Å². The molecule has 0 saturated heterocycles. The van der Waals surface area contributed by atoms with Crippen LogP contribution in [0.15, 0.2) is 42.5 Å². The molecule has 0 aromatic heterocycles. The highest BCUT2D eigenvalue weighted by atomic mass is 35.5. The van der Waals surface area contributed by atoms with Gasteiger partial charge in [-0.1, -0.05) is 34.9 Å². The Morgan fingerprint density at radius 2 is 1.82 bits per heavy atom. The summed E-state index contributed by atoms with van der Waals surface area (Å²) in [6, 6.07) is 13.1. The molecule has 3 nitrogen and oxygen atoms in total. The van der Waals surface area contributed by atoms with Crippen LogP contribution in [0.25, 0.3) is 0 Å². The van der Waals surface area contributed by atoms with E-state index in [-0.39, 0.29) is 5.91 Å². The zero-order chi connectivity index (χ0) is 16.1. The van der Waals surface area contributed by atoms with E-state index >= 15 is 0 Å². The van der Waals surface area contributed by atoms with Gasteiger partial charge >= 0.3 is 0 Å². The number of amides is 1. The second-order valence-electron chi connectivity index (χ2n) is 5.41. The molecule has 0 N–H and O–H groups in total. The van der Waals surface area contributed by atoms with Crippen molar-refractivity contribution in [3.05, 3.63) is 64.2 Å². The number of benzene rings is 2. The molecule has 0 radical (unpaired) electrons. The summed E-state index contributed by atoms with van der Waals surface area (Å²) in [4.78, 5) is 14.1. The SMILES string of the molecule is Cc1cc(C)cc(C(=O)N(C)CCOc2cccc(Cl)c2)c1. The highest BCUT2D eigenvalue weighted by molar-refractivity contribution is 6.30. The minimum absolute atomic E-state index is 0.00138. The zero-order valence-electron chi connectivity index (χ0n) is 13.1. The van der Waals surface area contributed by atoms with Gasteiger partial charge in [-0.25, -0.2) is 0 Å². The monoisotopic (exact) mass is 317 g/mol. The number of carbonyl (C=O) groups excluding carboxylic acids is 1. The number of nitrogens with zero attached hydrogens (tertiary/aromatic N) is 1. The molecule has 0 aliphatic carbocycles. The van der Waals surface area contributed by atoms with Crippen molar-refractivity contribution in [2.24, 2.45) is 0 Å². The Balaban J connectivity index is 1.91. The van der Waals surface area contributed by atoms with Crippen molar-refractivity contribution in [2.75, 3.05) is 20.2 Å². The topological polar surface area (TPSA) is 29.5 Å². The van der Waals surface area contributed by atoms with E-state index in [0.29, 0.717) is 29.5 Å². The summed E-state index contributed by atoms with van der Waals surface area (Å²) in [5.74, 6) is 0.709. The number of likely N-dealkylation sites (N-methyl/N-ethyl adjacent to an activating group) is 1. The maximum Gasteiger partial charge on any atom is 0.253 e. The first-order valence-corrected chi connectivity index (χ1v) is 7.55. The molecule has 0 heterocycles. The Labute approximate surface area is 136 Å². The van der Waals surface area contributed by atoms with E-state index < -0.39 is 0 Å². The first-order valence-electron chi connectivity index (χ1n) is 7.18. The Kier molecular flexibility index (Phi) is 5.45. The van der Waals surface area contributed by atoms with Crippen LogP contribution < -0.4 is 4.74 Å². The number of aryl methyl sites for hydroxylation is 2. The fourth-order valence-corrected chi connectivity index (χ4v) is 2.46. The minimum Gasteiger partial charge on any atom is -0.492 e. The van der Waals surface area contributed by atoms with Crippen LogP contribution in [-0.4, -0.2) is 31.0 Å². The number of halogens is 1. The molecule has 2 aromatic carbocycles. The number of carbonyl (C=O) groups is 1. The Morgan fingerprint density at radius 3 is 2.45 bits per heavy atom. The summed E-state index contributed by atoms with van der Waals surface area (Å²) in [7, 11) is 1.78. The third-order valence-electron chi connectivity index (χ3n) is 3.31. The van der Waals surface area contributed by atoms with Gasteiger partial charge in [0.25, 0.3) is 5.91 Å². The lowest BCUT2D eigenvalue weighted by Crippen LogP contribution is -2.31. The van der Waals surface area contributed by atoms with Gasteiger partial charge in [-0.2, -0.15) is 0 Å². The molecule has 4 heteroatoms. The van der Waals surface area contributed by atoms with Crippen LogP contribution in [-0.2, 0) is 0 Å². The van der Waals surface area contributed by atoms with E-state index in [2.05, 4.69) is 6.07 Å². The molecule has 0 unspecified atom stereocenters. The first-order chi connectivity index (χ1) is 10.5. The molecule has 0 bridgehead atoms. The smallest absolute Gasteiger partial charge is 0.253 e. The average molecular weight is 318 g/mol. The Bertz CT molecular complexity index is 650. The highest BCUT2D eigenvalue weighted by Gasteiger charge is 2.12. The van der Waals surface area contributed by atoms with E-state index in [9.17, 15) is 4.79 Å². The Morgan fingerprint density at radius 1 is 1.14 bits per heavy atom. The minimum atomic E-state index is 0.00138. The summed E-state index contributed by atoms with van der Waals surface area (Å²) in [6.45, 7) is 4.92. The molecular formula is C18H20ClNO2. The zero-order valence-corrected chi connectivity index (χ0v) is 13.9. The molecule has 1 amide bonds. The molecule has 2 rings (SSSR count). The van der Waals surface area contributed by atoms with Gasteiger partial charge in [0.1, 0.15) is 12.4 Å². The maximum atomic E-state index is 12.4. The Hall–Kier alpha value is -2.00. The second-order valence-corrected chi connectivity index (χ2v) is 5.85. The lowest BCUT2D eigenvalue weighted by Gasteiger charge is -2.18. The maximum absolute atomic E-state index is 12.4. The van der Waals surface area contributed by atoms with Crippen molar-refractivity contribution >= 4 is 17.5 Å². The van der Waals surface area contributed by atoms with Crippen molar-refractivity contribution in [2.45, 2.75) is 13.8 Å². The second kappa shape index (κ2) is 7.32.